The number of hydrogen-bond acceptors (Lipinski definition) is 6. The van der Waals surface area contributed by atoms with Gasteiger partial charge in [-0.15, -0.1) is 0 Å². The maximum Gasteiger partial charge on any atom is 0.408 e. The minimum absolute atomic E-state index is 0.0437. The van der Waals surface area contributed by atoms with E-state index in [1.807, 2.05) is 6.07 Å². The molecule has 1 atom stereocenters. The van der Waals surface area contributed by atoms with Gasteiger partial charge >= 0.3 is 12.1 Å². The van der Waals surface area contributed by atoms with Crippen molar-refractivity contribution in [3.63, 3.8) is 0 Å². The number of methoxy groups -OCH3 is 1. The lowest BCUT2D eigenvalue weighted by Gasteiger charge is -2.27. The van der Waals surface area contributed by atoms with Crippen LogP contribution < -0.4 is 5.32 Å². The lowest BCUT2D eigenvalue weighted by atomic mass is 9.94. The van der Waals surface area contributed by atoms with Crippen LogP contribution >= 0.6 is 0 Å². The molecule has 1 aromatic carbocycles. The van der Waals surface area contributed by atoms with E-state index in [0.717, 1.165) is 31.9 Å². The van der Waals surface area contributed by atoms with Gasteiger partial charge in [-0.1, -0.05) is 94.7 Å². The van der Waals surface area contributed by atoms with Crippen molar-refractivity contribution < 1.29 is 29.0 Å². The highest BCUT2D eigenvalue weighted by Crippen LogP contribution is 2.14. The molecule has 0 spiro atoms. The molecule has 1 rings (SSSR count). The zero-order chi connectivity index (χ0) is 24.4. The highest BCUT2D eigenvalue weighted by molar-refractivity contribution is 6.15. The van der Waals surface area contributed by atoms with Crippen molar-refractivity contribution in [3.05, 3.63) is 48.0 Å². The Balaban J connectivity index is 2.51. The van der Waals surface area contributed by atoms with E-state index in [1.54, 1.807) is 30.3 Å². The van der Waals surface area contributed by atoms with Crippen molar-refractivity contribution in [2.24, 2.45) is 0 Å². The largest absolute Gasteiger partial charge is 0.467 e. The number of esters is 1. The Morgan fingerprint density at radius 3 is 2.15 bits per heavy atom. The number of aliphatic hydroxyl groups excluding tert-OH is 1. The molecule has 2 N–H and O–H groups in total. The number of allylic oxidation sites excluding steroid dienone is 1. The first-order chi connectivity index (χ1) is 16.0. The Morgan fingerprint density at radius 2 is 1.58 bits per heavy atom. The Labute approximate surface area is 197 Å². The second-order valence-electron chi connectivity index (χ2n) is 8.13. The van der Waals surface area contributed by atoms with Crippen LogP contribution in [0.2, 0.25) is 0 Å². The number of hydrogen-bond donors (Lipinski definition) is 2. The molecule has 0 aliphatic carbocycles. The van der Waals surface area contributed by atoms with E-state index in [2.05, 4.69) is 17.0 Å². The van der Waals surface area contributed by atoms with Crippen LogP contribution in [0.15, 0.2) is 42.5 Å². The standard InChI is InChI=1S/C26H39NO6/c1-3-4-5-6-7-8-9-10-11-12-16-19-23(29)26(21-28,24(30)32-2)27-25(31)33-20-22-17-14-13-15-18-22/h13-19,28H,3-12,20-21H2,1-2H3,(H,27,31). The van der Waals surface area contributed by atoms with Crippen LogP contribution in [0.25, 0.3) is 0 Å². The van der Waals surface area contributed by atoms with Crippen molar-refractivity contribution in [1.29, 1.82) is 0 Å². The molecule has 0 saturated carbocycles. The summed E-state index contributed by atoms with van der Waals surface area (Å²) in [4.78, 5) is 37.3. The van der Waals surface area contributed by atoms with Gasteiger partial charge < -0.3 is 14.6 Å². The van der Waals surface area contributed by atoms with Gasteiger partial charge in [0.2, 0.25) is 5.54 Å². The van der Waals surface area contributed by atoms with Gasteiger partial charge in [0.05, 0.1) is 13.7 Å². The molecule has 0 aromatic heterocycles. The lowest BCUT2D eigenvalue weighted by Crippen LogP contribution is -2.62. The molecule has 1 amide bonds. The zero-order valence-corrected chi connectivity index (χ0v) is 20.0. The fourth-order valence-corrected chi connectivity index (χ4v) is 3.41. The number of aliphatic hydroxyl groups is 1. The molecular weight excluding hydrogens is 422 g/mol. The van der Waals surface area contributed by atoms with Crippen molar-refractivity contribution >= 4 is 17.8 Å². The number of benzene rings is 1. The molecule has 0 saturated heterocycles. The summed E-state index contributed by atoms with van der Waals surface area (Å²) in [6.45, 7) is 1.22. The number of alkyl carbamates (subject to hydrolysis) is 1. The van der Waals surface area contributed by atoms with Gasteiger partial charge in [-0.25, -0.2) is 9.59 Å². The number of nitrogens with one attached hydrogen (secondary N) is 1. The summed E-state index contributed by atoms with van der Waals surface area (Å²) in [6.07, 6.45) is 13.3. The molecule has 1 aromatic rings. The van der Waals surface area contributed by atoms with Crippen LogP contribution in [0, 0.1) is 0 Å². The van der Waals surface area contributed by atoms with E-state index in [9.17, 15) is 19.5 Å². The first kappa shape index (κ1) is 28.4. The molecule has 7 heteroatoms. The van der Waals surface area contributed by atoms with E-state index in [4.69, 9.17) is 4.74 Å². The van der Waals surface area contributed by atoms with E-state index in [1.165, 1.54) is 44.6 Å². The SMILES string of the molecule is CCCCCCCCCCCC=CC(=O)C(CO)(NC(=O)OCc1ccccc1)C(=O)OC. The van der Waals surface area contributed by atoms with Crippen molar-refractivity contribution in [3.8, 4) is 0 Å². The topological polar surface area (TPSA) is 102 Å². The van der Waals surface area contributed by atoms with Crippen LogP contribution in [0.5, 0.6) is 0 Å². The van der Waals surface area contributed by atoms with Crippen molar-refractivity contribution in [1.82, 2.24) is 5.32 Å². The monoisotopic (exact) mass is 461 g/mol. The fourth-order valence-electron chi connectivity index (χ4n) is 3.41. The average Bonchev–Trinajstić information content (AvgIpc) is 2.84. The number of carbonyl (C=O) groups excluding carboxylic acids is 3. The second kappa shape index (κ2) is 16.9. The minimum Gasteiger partial charge on any atom is -0.467 e. The second-order valence-corrected chi connectivity index (χ2v) is 8.13. The maximum absolute atomic E-state index is 12.7. The van der Waals surface area contributed by atoms with Gasteiger partial charge in [-0.05, 0) is 24.5 Å². The van der Waals surface area contributed by atoms with Crippen LogP contribution in [-0.2, 0) is 25.7 Å². The molecule has 33 heavy (non-hydrogen) atoms. The molecule has 0 aliphatic heterocycles. The lowest BCUT2D eigenvalue weighted by molar-refractivity contribution is -0.153. The highest BCUT2D eigenvalue weighted by atomic mass is 16.6. The first-order valence-corrected chi connectivity index (χ1v) is 11.9. The molecule has 7 nitrogen and oxygen atoms in total. The van der Waals surface area contributed by atoms with Gasteiger partial charge in [0.15, 0.2) is 5.78 Å². The van der Waals surface area contributed by atoms with E-state index < -0.39 is 30.0 Å². The Kier molecular flexibility index (Phi) is 14.5. The average molecular weight is 462 g/mol. The quantitative estimate of drug-likeness (QED) is 0.149. The van der Waals surface area contributed by atoms with Gasteiger partial charge in [-0.3, -0.25) is 10.1 Å². The van der Waals surface area contributed by atoms with Crippen LogP contribution in [0.3, 0.4) is 0 Å². The van der Waals surface area contributed by atoms with Crippen LogP contribution in [0.4, 0.5) is 4.79 Å². The summed E-state index contributed by atoms with van der Waals surface area (Å²) in [6, 6.07) is 8.97. The zero-order valence-electron chi connectivity index (χ0n) is 20.0. The van der Waals surface area contributed by atoms with Crippen molar-refractivity contribution in [2.75, 3.05) is 13.7 Å². The molecule has 0 bridgehead atoms. The molecular formula is C26H39NO6. The van der Waals surface area contributed by atoms with E-state index in [-0.39, 0.29) is 6.61 Å². The van der Waals surface area contributed by atoms with Crippen LogP contribution in [-0.4, -0.2) is 42.2 Å². The number of unbranched alkanes of at least 4 members (excludes halogenated alkanes) is 9. The van der Waals surface area contributed by atoms with Gasteiger partial charge in [0.1, 0.15) is 6.61 Å². The summed E-state index contributed by atoms with van der Waals surface area (Å²) in [7, 11) is 1.09. The number of amides is 1. The summed E-state index contributed by atoms with van der Waals surface area (Å²) < 4.78 is 9.77. The van der Waals surface area contributed by atoms with Gasteiger partial charge in [-0.2, -0.15) is 0 Å². The Morgan fingerprint density at radius 1 is 0.970 bits per heavy atom. The molecule has 184 valence electrons. The molecule has 0 heterocycles. The number of rotatable bonds is 17. The summed E-state index contributed by atoms with van der Waals surface area (Å²) in [5.74, 6) is -1.82. The first-order valence-electron chi connectivity index (χ1n) is 11.9. The van der Waals surface area contributed by atoms with Crippen LogP contribution in [0.1, 0.15) is 76.7 Å². The number of ether oxygens (including phenoxy) is 2. The normalized spacial score (nSPS) is 12.8. The third-order valence-electron chi connectivity index (χ3n) is 5.46. The Bertz CT molecular complexity index is 734. The highest BCUT2D eigenvalue weighted by Gasteiger charge is 2.47. The van der Waals surface area contributed by atoms with Crippen molar-refractivity contribution in [2.45, 2.75) is 83.3 Å². The third-order valence-corrected chi connectivity index (χ3v) is 5.46. The molecule has 0 radical (unpaired) electrons. The van der Waals surface area contributed by atoms with E-state index >= 15 is 0 Å². The van der Waals surface area contributed by atoms with E-state index in [0.29, 0.717) is 6.42 Å². The smallest absolute Gasteiger partial charge is 0.408 e. The third kappa shape index (κ3) is 10.7. The summed E-state index contributed by atoms with van der Waals surface area (Å²) in [5, 5.41) is 12.0. The van der Waals surface area contributed by atoms with Gasteiger partial charge in [0.25, 0.3) is 0 Å². The minimum atomic E-state index is -2.24. The predicted molar refractivity (Wildman–Crippen MR) is 128 cm³/mol. The predicted octanol–water partition coefficient (Wildman–Crippen LogP) is 4.86. The number of ketones is 1. The maximum atomic E-state index is 12.7. The fraction of sp³-hybridized carbons (Fsp3) is 0.577. The summed E-state index contributed by atoms with van der Waals surface area (Å²) >= 11 is 0. The molecule has 0 aliphatic rings. The number of carbonyl (C=O) groups is 3. The molecule has 1 unspecified atom stereocenters. The summed E-state index contributed by atoms with van der Waals surface area (Å²) in [5.41, 5.74) is -1.50. The molecule has 0 fully saturated rings. The van der Waals surface area contributed by atoms with Gasteiger partial charge in [0, 0.05) is 0 Å². The Hall–Kier alpha value is -2.67.